The van der Waals surface area contributed by atoms with Crippen molar-refractivity contribution in [1.82, 2.24) is 19.7 Å². The lowest BCUT2D eigenvalue weighted by molar-refractivity contribution is -0.140. The van der Waals surface area contributed by atoms with E-state index in [2.05, 4.69) is 4.98 Å². The number of nitrogens with zero attached hydrogens (tertiary/aromatic N) is 4. The van der Waals surface area contributed by atoms with Crippen molar-refractivity contribution in [3.8, 4) is 0 Å². The van der Waals surface area contributed by atoms with E-state index in [0.717, 1.165) is 25.1 Å². The second-order valence-electron chi connectivity index (χ2n) is 6.90. The molecule has 4 rings (SSSR count). The minimum Gasteiger partial charge on any atom is -0.383 e. The molecule has 4 heterocycles. The molecule has 3 aliphatic rings. The van der Waals surface area contributed by atoms with Gasteiger partial charge in [0.2, 0.25) is 11.8 Å². The first-order valence-corrected chi connectivity index (χ1v) is 9.65. The van der Waals surface area contributed by atoms with Gasteiger partial charge in [0, 0.05) is 38.2 Å². The van der Waals surface area contributed by atoms with E-state index in [1.807, 2.05) is 27.1 Å². The third-order valence-corrected chi connectivity index (χ3v) is 5.68. The maximum Gasteiger partial charge on any atom is 0.236 e. The predicted octanol–water partition coefficient (Wildman–Crippen LogP) is 0.671. The predicted molar refractivity (Wildman–Crippen MR) is 95.1 cm³/mol. The lowest BCUT2D eigenvalue weighted by atomic mass is 9.94. The number of fused-ring (bicyclic) bond motifs is 4. The van der Waals surface area contributed by atoms with Gasteiger partial charge < -0.3 is 14.5 Å². The third kappa shape index (κ3) is 4.37. The average Bonchev–Trinajstić information content (AvgIpc) is 2.95. The number of piperidine rings is 1. The van der Waals surface area contributed by atoms with E-state index in [1.54, 1.807) is 24.0 Å². The molecule has 7 nitrogen and oxygen atoms in total. The number of rotatable bonds is 7. The van der Waals surface area contributed by atoms with Crippen LogP contribution in [0, 0.1) is 5.92 Å². The summed E-state index contributed by atoms with van der Waals surface area (Å²) in [5, 5.41) is 1.99. The fourth-order valence-electron chi connectivity index (χ4n) is 3.60. The highest BCUT2D eigenvalue weighted by atomic mass is 32.1. The van der Waals surface area contributed by atoms with Crippen LogP contribution in [-0.4, -0.2) is 84.5 Å². The molecule has 25 heavy (non-hydrogen) atoms. The van der Waals surface area contributed by atoms with E-state index in [0.29, 0.717) is 32.8 Å². The highest BCUT2D eigenvalue weighted by Crippen LogP contribution is 2.30. The summed E-state index contributed by atoms with van der Waals surface area (Å²) >= 11 is 1.54. The first kappa shape index (κ1) is 18.3. The van der Waals surface area contributed by atoms with E-state index in [1.165, 1.54) is 0 Å². The molecule has 3 saturated heterocycles. The van der Waals surface area contributed by atoms with E-state index >= 15 is 0 Å². The van der Waals surface area contributed by atoms with E-state index in [-0.39, 0.29) is 23.8 Å². The zero-order chi connectivity index (χ0) is 17.8. The summed E-state index contributed by atoms with van der Waals surface area (Å²) in [6.45, 7) is 3.41. The summed E-state index contributed by atoms with van der Waals surface area (Å²) in [5.74, 6) is 0.191. The van der Waals surface area contributed by atoms with Crippen molar-refractivity contribution < 1.29 is 14.3 Å². The van der Waals surface area contributed by atoms with Crippen LogP contribution < -0.4 is 0 Å². The molecule has 0 N–H and O–H groups in total. The van der Waals surface area contributed by atoms with Gasteiger partial charge in [-0.1, -0.05) is 0 Å². The Morgan fingerprint density at radius 1 is 1.44 bits per heavy atom. The number of hydrogen-bond donors (Lipinski definition) is 0. The van der Waals surface area contributed by atoms with Gasteiger partial charge in [-0.15, -0.1) is 11.3 Å². The second-order valence-corrected chi connectivity index (χ2v) is 7.62. The minimum atomic E-state index is -0.0781. The van der Waals surface area contributed by atoms with Gasteiger partial charge in [-0.25, -0.2) is 4.98 Å². The molecule has 138 valence electrons. The van der Waals surface area contributed by atoms with Crippen LogP contribution in [0.1, 0.15) is 18.5 Å². The molecular formula is C17H26N4O3S. The fourth-order valence-corrected chi connectivity index (χ4v) is 4.15. The Morgan fingerprint density at radius 2 is 2.28 bits per heavy atom. The van der Waals surface area contributed by atoms with Crippen LogP contribution in [0.5, 0.6) is 0 Å². The molecule has 8 heteroatoms. The number of carbonyl (C=O) groups is 2. The number of thiazole rings is 1. The maximum absolute atomic E-state index is 12.8. The molecule has 1 aromatic heterocycles. The molecule has 0 aromatic carbocycles. The Labute approximate surface area is 152 Å². The van der Waals surface area contributed by atoms with Crippen LogP contribution in [-0.2, 0) is 20.9 Å². The first-order valence-electron chi connectivity index (χ1n) is 8.71. The van der Waals surface area contributed by atoms with Crippen molar-refractivity contribution >= 4 is 23.2 Å². The van der Waals surface area contributed by atoms with Crippen molar-refractivity contribution in [2.24, 2.45) is 5.92 Å². The van der Waals surface area contributed by atoms with Crippen LogP contribution in [0.2, 0.25) is 0 Å². The van der Waals surface area contributed by atoms with Gasteiger partial charge in [-0.05, 0) is 19.9 Å². The smallest absolute Gasteiger partial charge is 0.236 e. The van der Waals surface area contributed by atoms with Gasteiger partial charge in [0.05, 0.1) is 36.8 Å². The molecule has 2 amide bonds. The molecule has 0 spiro atoms. The van der Waals surface area contributed by atoms with Crippen LogP contribution in [0.4, 0.5) is 0 Å². The van der Waals surface area contributed by atoms with Gasteiger partial charge in [0.15, 0.2) is 0 Å². The summed E-state index contributed by atoms with van der Waals surface area (Å²) in [6, 6.07) is 0.0983. The largest absolute Gasteiger partial charge is 0.383 e. The number of ether oxygens (including phenoxy) is 1. The van der Waals surface area contributed by atoms with E-state index < -0.39 is 0 Å². The van der Waals surface area contributed by atoms with Gasteiger partial charge in [-0.3, -0.25) is 14.5 Å². The molecule has 0 aliphatic carbocycles. The highest BCUT2D eigenvalue weighted by molar-refractivity contribution is 7.07. The Morgan fingerprint density at radius 3 is 3.00 bits per heavy atom. The summed E-state index contributed by atoms with van der Waals surface area (Å²) < 4.78 is 5.06. The SMILES string of the molecule is COCCN(C)CC(=O)N1C[C@@H]2CC[C@H](C1)N(Cc1cscn1)C2=O. The molecule has 0 radical (unpaired) electrons. The summed E-state index contributed by atoms with van der Waals surface area (Å²) in [7, 11) is 3.58. The molecular weight excluding hydrogens is 340 g/mol. The number of methoxy groups -OCH3 is 1. The summed E-state index contributed by atoms with van der Waals surface area (Å²) in [4.78, 5) is 35.6. The van der Waals surface area contributed by atoms with Crippen LogP contribution in [0.3, 0.4) is 0 Å². The summed E-state index contributed by atoms with van der Waals surface area (Å²) in [6.07, 6.45) is 1.84. The first-order chi connectivity index (χ1) is 12.1. The van der Waals surface area contributed by atoms with Crippen molar-refractivity contribution in [3.63, 3.8) is 0 Å². The number of likely N-dealkylation sites (N-methyl/N-ethyl adjacent to an activating group) is 1. The highest BCUT2D eigenvalue weighted by Gasteiger charge is 2.41. The van der Waals surface area contributed by atoms with Crippen molar-refractivity contribution in [1.29, 1.82) is 0 Å². The number of hydrogen-bond acceptors (Lipinski definition) is 6. The molecule has 2 bridgehead atoms. The van der Waals surface area contributed by atoms with Gasteiger partial charge in [0.1, 0.15) is 0 Å². The lowest BCUT2D eigenvalue weighted by Crippen LogP contribution is -2.47. The molecule has 2 atom stereocenters. The normalized spacial score (nSPS) is 23.4. The maximum atomic E-state index is 12.8. The third-order valence-electron chi connectivity index (χ3n) is 5.04. The van der Waals surface area contributed by atoms with Gasteiger partial charge in [-0.2, -0.15) is 0 Å². The van der Waals surface area contributed by atoms with Crippen molar-refractivity contribution in [2.45, 2.75) is 25.4 Å². The summed E-state index contributed by atoms with van der Waals surface area (Å²) in [5.41, 5.74) is 2.73. The Kier molecular flexibility index (Phi) is 6.03. The van der Waals surface area contributed by atoms with Crippen LogP contribution >= 0.6 is 11.3 Å². The van der Waals surface area contributed by atoms with Crippen LogP contribution in [0.25, 0.3) is 0 Å². The molecule has 0 unspecified atom stereocenters. The van der Waals surface area contributed by atoms with Gasteiger partial charge >= 0.3 is 0 Å². The van der Waals surface area contributed by atoms with E-state index in [9.17, 15) is 9.59 Å². The Bertz CT molecular complexity index is 595. The lowest BCUT2D eigenvalue weighted by Gasteiger charge is -2.35. The zero-order valence-electron chi connectivity index (χ0n) is 14.9. The Balaban J connectivity index is 1.64. The van der Waals surface area contributed by atoms with Crippen LogP contribution in [0.15, 0.2) is 10.9 Å². The number of carbonyl (C=O) groups excluding carboxylic acids is 2. The standard InChI is InChI=1S/C17H26N4O3S/c1-19(5-6-24-2)10-16(22)20-7-13-3-4-15(9-20)21(17(13)23)8-14-11-25-12-18-14/h11-13,15H,3-10H2,1-2H3/t13-,15+/m0/s1. The monoisotopic (exact) mass is 366 g/mol. The van der Waals surface area contributed by atoms with E-state index in [4.69, 9.17) is 4.74 Å². The quantitative estimate of drug-likeness (QED) is 0.710. The van der Waals surface area contributed by atoms with Crippen molar-refractivity contribution in [2.75, 3.05) is 46.9 Å². The molecule has 3 fully saturated rings. The molecule has 0 saturated carbocycles. The Hall–Kier alpha value is -1.51. The van der Waals surface area contributed by atoms with Crippen molar-refractivity contribution in [3.05, 3.63) is 16.6 Å². The molecule has 1 aromatic rings. The fraction of sp³-hybridized carbons (Fsp3) is 0.706. The minimum absolute atomic E-state index is 0.0781. The number of amides is 2. The zero-order valence-corrected chi connectivity index (χ0v) is 15.7. The topological polar surface area (TPSA) is 66.0 Å². The molecule has 3 aliphatic heterocycles. The number of aromatic nitrogens is 1. The second kappa shape index (κ2) is 8.25. The average molecular weight is 366 g/mol. The van der Waals surface area contributed by atoms with Gasteiger partial charge in [0.25, 0.3) is 0 Å².